The summed E-state index contributed by atoms with van der Waals surface area (Å²) >= 11 is 1.38. The molecular weight excluding hydrogens is 450 g/mol. The Kier molecular flexibility index (Phi) is 5.77. The first-order valence-electron chi connectivity index (χ1n) is 10.8. The van der Waals surface area contributed by atoms with Gasteiger partial charge in [0.25, 0.3) is 5.91 Å². The Morgan fingerprint density at radius 2 is 1.85 bits per heavy atom. The summed E-state index contributed by atoms with van der Waals surface area (Å²) in [6, 6.07) is 18.7. The zero-order valence-corrected chi connectivity index (χ0v) is 19.9. The number of thiazole rings is 1. The van der Waals surface area contributed by atoms with Crippen LogP contribution in [0, 0.1) is 0 Å². The Bertz CT molecular complexity index is 1590. The highest BCUT2D eigenvalue weighted by Gasteiger charge is 2.25. The maximum atomic E-state index is 13.7. The van der Waals surface area contributed by atoms with Gasteiger partial charge in [0.1, 0.15) is 16.9 Å². The lowest BCUT2D eigenvalue weighted by Crippen LogP contribution is -2.38. The lowest BCUT2D eigenvalue weighted by molar-refractivity contribution is 0.0982. The summed E-state index contributed by atoms with van der Waals surface area (Å²) in [5, 5.41) is 3.17. The average molecular weight is 474 g/mol. The summed E-state index contributed by atoms with van der Waals surface area (Å²) in [5.41, 5.74) is 0.539. The number of methoxy groups -OCH3 is 1. The van der Waals surface area contributed by atoms with Crippen LogP contribution in [0.25, 0.3) is 32.0 Å². The number of nitrogens with zero attached hydrogens (tertiary/aromatic N) is 3. The Balaban J connectivity index is 1.63. The SMILES string of the molecule is COc1ccc2nc(N(CCN(C)C)C(=O)c3cc4c(ccc5ccccc54)oc3=O)sc2c1. The third-order valence-corrected chi connectivity index (χ3v) is 6.74. The molecule has 0 N–H and O–H groups in total. The molecule has 0 fully saturated rings. The monoisotopic (exact) mass is 473 g/mol. The molecule has 5 aromatic rings. The van der Waals surface area contributed by atoms with Crippen LogP contribution in [0.15, 0.2) is 69.9 Å². The van der Waals surface area contributed by atoms with Crippen molar-refractivity contribution >= 4 is 54.3 Å². The lowest BCUT2D eigenvalue weighted by Gasteiger charge is -2.21. The van der Waals surface area contributed by atoms with Gasteiger partial charge in [0, 0.05) is 18.5 Å². The molecule has 3 aromatic carbocycles. The molecule has 0 radical (unpaired) electrons. The zero-order valence-electron chi connectivity index (χ0n) is 19.1. The topological polar surface area (TPSA) is 75.9 Å². The molecule has 1 amide bonds. The first-order valence-corrected chi connectivity index (χ1v) is 11.6. The molecule has 0 unspecified atom stereocenters. The minimum absolute atomic E-state index is 0.0144. The minimum atomic E-state index is -0.662. The van der Waals surface area contributed by atoms with Crippen LogP contribution < -0.4 is 15.3 Å². The third kappa shape index (κ3) is 4.02. The molecule has 2 aromatic heterocycles. The fourth-order valence-corrected chi connectivity index (χ4v) is 4.90. The van der Waals surface area contributed by atoms with Crippen molar-refractivity contribution in [3.05, 3.63) is 76.6 Å². The molecule has 7 nitrogen and oxygen atoms in total. The summed E-state index contributed by atoms with van der Waals surface area (Å²) in [6.07, 6.45) is 0. The van der Waals surface area contributed by atoms with Crippen LogP contribution in [0.1, 0.15) is 10.4 Å². The van der Waals surface area contributed by atoms with E-state index in [1.807, 2.05) is 67.5 Å². The van der Waals surface area contributed by atoms with E-state index in [2.05, 4.69) is 4.98 Å². The van der Waals surface area contributed by atoms with E-state index in [0.717, 1.165) is 32.1 Å². The van der Waals surface area contributed by atoms with E-state index in [-0.39, 0.29) is 5.56 Å². The van der Waals surface area contributed by atoms with Crippen molar-refractivity contribution in [2.75, 3.05) is 39.2 Å². The van der Waals surface area contributed by atoms with Gasteiger partial charge in [-0.25, -0.2) is 9.78 Å². The second-order valence-corrected chi connectivity index (χ2v) is 9.25. The van der Waals surface area contributed by atoms with Crippen LogP contribution >= 0.6 is 11.3 Å². The van der Waals surface area contributed by atoms with Crippen LogP contribution in [0.4, 0.5) is 5.13 Å². The van der Waals surface area contributed by atoms with Crippen LogP contribution in [0.2, 0.25) is 0 Å². The third-order valence-electron chi connectivity index (χ3n) is 5.70. The number of aromatic nitrogens is 1. The second kappa shape index (κ2) is 8.89. The van der Waals surface area contributed by atoms with Crippen molar-refractivity contribution in [3.63, 3.8) is 0 Å². The average Bonchev–Trinajstić information content (AvgIpc) is 3.26. The molecular formula is C26H23N3O4S. The fraction of sp³-hybridized carbons (Fsp3) is 0.192. The number of carbonyl (C=O) groups is 1. The van der Waals surface area contributed by atoms with Gasteiger partial charge < -0.3 is 14.1 Å². The van der Waals surface area contributed by atoms with Gasteiger partial charge in [0.15, 0.2) is 5.13 Å². The minimum Gasteiger partial charge on any atom is -0.497 e. The number of anilines is 1. The standard InChI is InChI=1S/C26H23N3O4S/c1-28(2)12-13-29(26-27-21-10-9-17(32-3)14-23(21)34-26)24(30)20-15-19-18-7-5-4-6-16(18)8-11-22(19)33-25(20)31/h4-11,14-15H,12-13H2,1-3H3. The molecule has 0 saturated heterocycles. The van der Waals surface area contributed by atoms with E-state index >= 15 is 0 Å². The van der Waals surface area contributed by atoms with Gasteiger partial charge in [-0.15, -0.1) is 0 Å². The van der Waals surface area contributed by atoms with E-state index in [1.54, 1.807) is 24.1 Å². The van der Waals surface area contributed by atoms with E-state index in [9.17, 15) is 9.59 Å². The smallest absolute Gasteiger partial charge is 0.349 e. The molecule has 8 heteroatoms. The van der Waals surface area contributed by atoms with Gasteiger partial charge in [-0.1, -0.05) is 41.7 Å². The number of likely N-dealkylation sites (N-methyl/N-ethyl adjacent to an activating group) is 1. The number of ether oxygens (including phenoxy) is 1. The van der Waals surface area contributed by atoms with Crippen molar-refractivity contribution in [1.82, 2.24) is 9.88 Å². The number of hydrogen-bond donors (Lipinski definition) is 0. The Hall–Kier alpha value is -3.75. The van der Waals surface area contributed by atoms with Gasteiger partial charge in [-0.2, -0.15) is 0 Å². The largest absolute Gasteiger partial charge is 0.497 e. The van der Waals surface area contributed by atoms with Gasteiger partial charge in [-0.05, 0) is 55.2 Å². The lowest BCUT2D eigenvalue weighted by atomic mass is 10.0. The predicted molar refractivity (Wildman–Crippen MR) is 136 cm³/mol. The van der Waals surface area contributed by atoms with Crippen molar-refractivity contribution in [1.29, 1.82) is 0 Å². The highest BCUT2D eigenvalue weighted by Crippen LogP contribution is 2.32. The van der Waals surface area contributed by atoms with E-state index in [4.69, 9.17) is 9.15 Å². The van der Waals surface area contributed by atoms with Crippen LogP contribution in [-0.2, 0) is 0 Å². The fourth-order valence-electron chi connectivity index (χ4n) is 3.89. The number of carbonyl (C=O) groups excluding carboxylic acids is 1. The Morgan fingerprint density at radius 3 is 2.65 bits per heavy atom. The molecule has 0 atom stereocenters. The first-order chi connectivity index (χ1) is 16.4. The van der Waals surface area contributed by atoms with Crippen molar-refractivity contribution in [3.8, 4) is 5.75 Å². The molecule has 34 heavy (non-hydrogen) atoms. The number of fused-ring (bicyclic) bond motifs is 4. The summed E-state index contributed by atoms with van der Waals surface area (Å²) in [4.78, 5) is 34.8. The second-order valence-electron chi connectivity index (χ2n) is 8.24. The maximum Gasteiger partial charge on any atom is 0.349 e. The predicted octanol–water partition coefficient (Wildman–Crippen LogP) is 4.77. The van der Waals surface area contributed by atoms with E-state index in [1.165, 1.54) is 11.3 Å². The van der Waals surface area contributed by atoms with Crippen molar-refractivity contribution in [2.24, 2.45) is 0 Å². The number of benzene rings is 3. The molecule has 172 valence electrons. The number of amides is 1. The Labute approximate surface area is 199 Å². The maximum absolute atomic E-state index is 13.7. The summed E-state index contributed by atoms with van der Waals surface area (Å²) in [5.74, 6) is 0.285. The number of hydrogen-bond acceptors (Lipinski definition) is 7. The quantitative estimate of drug-likeness (QED) is 0.261. The van der Waals surface area contributed by atoms with E-state index in [0.29, 0.717) is 23.8 Å². The first kappa shape index (κ1) is 22.1. The zero-order chi connectivity index (χ0) is 23.8. The normalized spacial score (nSPS) is 11.5. The molecule has 5 rings (SSSR count). The molecule has 0 aliphatic rings. The van der Waals surface area contributed by atoms with Gasteiger partial charge in [-0.3, -0.25) is 9.69 Å². The van der Waals surface area contributed by atoms with Crippen LogP contribution in [-0.4, -0.2) is 50.1 Å². The summed E-state index contributed by atoms with van der Waals surface area (Å²) in [6.45, 7) is 0.975. The molecule has 0 spiro atoms. The highest BCUT2D eigenvalue weighted by molar-refractivity contribution is 7.22. The summed E-state index contributed by atoms with van der Waals surface area (Å²) < 4.78 is 11.8. The molecule has 2 heterocycles. The van der Waals surface area contributed by atoms with Crippen LogP contribution in [0.5, 0.6) is 5.75 Å². The Morgan fingerprint density at radius 1 is 1.03 bits per heavy atom. The number of rotatable bonds is 6. The van der Waals surface area contributed by atoms with E-state index < -0.39 is 11.5 Å². The van der Waals surface area contributed by atoms with Gasteiger partial charge >= 0.3 is 5.63 Å². The summed E-state index contributed by atoms with van der Waals surface area (Å²) in [7, 11) is 5.48. The van der Waals surface area contributed by atoms with Crippen LogP contribution in [0.3, 0.4) is 0 Å². The van der Waals surface area contributed by atoms with Crippen molar-refractivity contribution < 1.29 is 13.9 Å². The molecule has 0 aliphatic carbocycles. The molecule has 0 bridgehead atoms. The van der Waals surface area contributed by atoms with Gasteiger partial charge in [0.05, 0.1) is 17.3 Å². The molecule has 0 aliphatic heterocycles. The molecule has 0 saturated carbocycles. The van der Waals surface area contributed by atoms with Crippen molar-refractivity contribution in [2.45, 2.75) is 0 Å². The highest BCUT2D eigenvalue weighted by atomic mass is 32.1. The van der Waals surface area contributed by atoms with Gasteiger partial charge in [0.2, 0.25) is 0 Å².